The van der Waals surface area contributed by atoms with E-state index in [9.17, 15) is 0 Å². The van der Waals surface area contributed by atoms with Crippen LogP contribution < -0.4 is 10.1 Å². The first-order valence-electron chi connectivity index (χ1n) is 5.48. The van der Waals surface area contributed by atoms with Gasteiger partial charge in [0.15, 0.2) is 0 Å². The van der Waals surface area contributed by atoms with E-state index in [1.54, 1.807) is 6.20 Å². The molecule has 0 fully saturated rings. The Hall–Kier alpha value is -1.32. The van der Waals surface area contributed by atoms with Gasteiger partial charge in [0.1, 0.15) is 0 Å². The van der Waals surface area contributed by atoms with E-state index in [0.29, 0.717) is 18.4 Å². The molecule has 1 aromatic rings. The Balaban J connectivity index is 2.66. The van der Waals surface area contributed by atoms with E-state index >= 15 is 0 Å². The second-order valence-corrected chi connectivity index (χ2v) is 3.46. The van der Waals surface area contributed by atoms with Gasteiger partial charge in [-0.3, -0.25) is 0 Å². The summed E-state index contributed by atoms with van der Waals surface area (Å²) in [4.78, 5) is 8.49. The zero-order valence-electron chi connectivity index (χ0n) is 9.71. The van der Waals surface area contributed by atoms with E-state index < -0.39 is 0 Å². The number of hydrogen-bond donors (Lipinski definition) is 1. The van der Waals surface area contributed by atoms with Gasteiger partial charge >= 0.3 is 0 Å². The third-order valence-electron chi connectivity index (χ3n) is 1.90. The van der Waals surface area contributed by atoms with Gasteiger partial charge in [0.05, 0.1) is 6.61 Å². The van der Waals surface area contributed by atoms with Crippen LogP contribution >= 0.6 is 0 Å². The number of anilines is 1. The average Bonchev–Trinajstić information content (AvgIpc) is 2.26. The number of nitrogens with zero attached hydrogens (tertiary/aromatic N) is 2. The van der Waals surface area contributed by atoms with Crippen LogP contribution in [0.2, 0.25) is 0 Å². The second kappa shape index (κ2) is 6.22. The molecule has 0 bridgehead atoms. The zero-order chi connectivity index (χ0) is 11.1. The minimum atomic E-state index is 0.647. The highest BCUT2D eigenvalue weighted by Gasteiger charge is 2.03. The average molecular weight is 209 g/mol. The summed E-state index contributed by atoms with van der Waals surface area (Å²) in [6.07, 6.45) is 3.83. The lowest BCUT2D eigenvalue weighted by Gasteiger charge is -2.08. The van der Waals surface area contributed by atoms with Crippen LogP contribution in [0, 0.1) is 6.92 Å². The molecule has 0 radical (unpaired) electrons. The van der Waals surface area contributed by atoms with Crippen LogP contribution in [0.3, 0.4) is 0 Å². The molecule has 0 saturated heterocycles. The molecule has 0 amide bonds. The van der Waals surface area contributed by atoms with Crippen LogP contribution in [-0.2, 0) is 0 Å². The molecular weight excluding hydrogens is 190 g/mol. The van der Waals surface area contributed by atoms with Crippen LogP contribution in [0.5, 0.6) is 5.88 Å². The van der Waals surface area contributed by atoms with Gasteiger partial charge in [0.25, 0.3) is 0 Å². The molecular formula is C11H19N3O. The molecule has 0 aliphatic carbocycles. The molecule has 1 rings (SSSR count). The Kier molecular flexibility index (Phi) is 4.87. The summed E-state index contributed by atoms with van der Waals surface area (Å²) >= 11 is 0. The molecule has 0 aromatic carbocycles. The Morgan fingerprint density at radius 1 is 1.33 bits per heavy atom. The second-order valence-electron chi connectivity index (χ2n) is 3.46. The lowest BCUT2D eigenvalue weighted by Crippen LogP contribution is -2.07. The van der Waals surface area contributed by atoms with Crippen LogP contribution in [-0.4, -0.2) is 23.1 Å². The van der Waals surface area contributed by atoms with Gasteiger partial charge in [0.2, 0.25) is 11.8 Å². The molecule has 0 spiro atoms. The molecule has 0 aliphatic rings. The fourth-order valence-corrected chi connectivity index (χ4v) is 1.09. The molecule has 4 heteroatoms. The summed E-state index contributed by atoms with van der Waals surface area (Å²) < 4.78 is 5.52. The van der Waals surface area contributed by atoms with Crippen LogP contribution in [0.25, 0.3) is 0 Å². The molecule has 15 heavy (non-hydrogen) atoms. The highest BCUT2D eigenvalue weighted by atomic mass is 16.5. The summed E-state index contributed by atoms with van der Waals surface area (Å²) in [6.45, 7) is 7.72. The SMILES string of the molecule is CCCNc1ncc(C)c(OCCC)n1. The monoisotopic (exact) mass is 209 g/mol. The molecule has 0 unspecified atom stereocenters. The first-order valence-corrected chi connectivity index (χ1v) is 5.48. The van der Waals surface area contributed by atoms with Crippen molar-refractivity contribution in [3.05, 3.63) is 11.8 Å². The molecule has 0 saturated carbocycles. The van der Waals surface area contributed by atoms with Crippen LogP contribution in [0.1, 0.15) is 32.3 Å². The Labute approximate surface area is 91.1 Å². The van der Waals surface area contributed by atoms with Crippen LogP contribution in [0.15, 0.2) is 6.20 Å². The summed E-state index contributed by atoms with van der Waals surface area (Å²) in [5.74, 6) is 1.33. The van der Waals surface area contributed by atoms with Gasteiger partial charge in [0, 0.05) is 18.3 Å². The molecule has 1 N–H and O–H groups in total. The zero-order valence-corrected chi connectivity index (χ0v) is 9.71. The normalized spacial score (nSPS) is 10.1. The molecule has 1 aromatic heterocycles. The lowest BCUT2D eigenvalue weighted by molar-refractivity contribution is 0.303. The fourth-order valence-electron chi connectivity index (χ4n) is 1.09. The third-order valence-corrected chi connectivity index (χ3v) is 1.90. The van der Waals surface area contributed by atoms with Crippen molar-refractivity contribution in [3.63, 3.8) is 0 Å². The number of aromatic nitrogens is 2. The molecule has 1 heterocycles. The summed E-state index contributed by atoms with van der Waals surface area (Å²) in [5, 5.41) is 3.14. The standard InChI is InChI=1S/C11H19N3O/c1-4-6-12-11-13-8-9(3)10(14-11)15-7-5-2/h8H,4-7H2,1-3H3,(H,12,13,14). The van der Waals surface area contributed by atoms with Gasteiger partial charge in [-0.25, -0.2) is 4.98 Å². The lowest BCUT2D eigenvalue weighted by atomic mass is 10.4. The van der Waals surface area contributed by atoms with Crippen molar-refractivity contribution in [2.75, 3.05) is 18.5 Å². The first-order chi connectivity index (χ1) is 7.27. The molecule has 4 nitrogen and oxygen atoms in total. The smallest absolute Gasteiger partial charge is 0.225 e. The summed E-state index contributed by atoms with van der Waals surface area (Å²) in [6, 6.07) is 0. The number of rotatable bonds is 6. The van der Waals surface area contributed by atoms with Crippen molar-refractivity contribution >= 4 is 5.95 Å². The van der Waals surface area contributed by atoms with Crippen molar-refractivity contribution in [3.8, 4) is 5.88 Å². The highest BCUT2D eigenvalue weighted by molar-refractivity contribution is 5.32. The van der Waals surface area contributed by atoms with Crippen molar-refractivity contribution in [1.82, 2.24) is 9.97 Å². The number of hydrogen-bond acceptors (Lipinski definition) is 4. The minimum absolute atomic E-state index is 0.647. The van der Waals surface area contributed by atoms with Crippen molar-refractivity contribution in [2.45, 2.75) is 33.6 Å². The first kappa shape index (κ1) is 11.8. The quantitative estimate of drug-likeness (QED) is 0.781. The Bertz CT molecular complexity index is 302. The van der Waals surface area contributed by atoms with Crippen molar-refractivity contribution in [1.29, 1.82) is 0 Å². The van der Waals surface area contributed by atoms with E-state index in [1.807, 2.05) is 6.92 Å². The number of aryl methyl sites for hydroxylation is 1. The molecule has 0 atom stereocenters. The highest BCUT2D eigenvalue weighted by Crippen LogP contribution is 2.15. The summed E-state index contributed by atoms with van der Waals surface area (Å²) in [5.41, 5.74) is 0.977. The molecule has 84 valence electrons. The largest absolute Gasteiger partial charge is 0.477 e. The maximum Gasteiger partial charge on any atom is 0.225 e. The van der Waals surface area contributed by atoms with E-state index in [0.717, 1.165) is 24.9 Å². The van der Waals surface area contributed by atoms with Gasteiger partial charge in [-0.05, 0) is 19.8 Å². The van der Waals surface area contributed by atoms with Crippen molar-refractivity contribution < 1.29 is 4.74 Å². The maximum absolute atomic E-state index is 5.52. The Morgan fingerprint density at radius 3 is 2.80 bits per heavy atom. The molecule has 0 aliphatic heterocycles. The third kappa shape index (κ3) is 3.73. The van der Waals surface area contributed by atoms with Gasteiger partial charge in [-0.2, -0.15) is 4.98 Å². The predicted molar refractivity (Wildman–Crippen MR) is 61.3 cm³/mol. The van der Waals surface area contributed by atoms with Gasteiger partial charge in [-0.15, -0.1) is 0 Å². The topological polar surface area (TPSA) is 47.0 Å². The minimum Gasteiger partial charge on any atom is -0.477 e. The van der Waals surface area contributed by atoms with E-state index in [2.05, 4.69) is 29.1 Å². The van der Waals surface area contributed by atoms with E-state index in [-0.39, 0.29) is 0 Å². The van der Waals surface area contributed by atoms with E-state index in [4.69, 9.17) is 4.74 Å². The predicted octanol–water partition coefficient (Wildman–Crippen LogP) is 2.40. The fraction of sp³-hybridized carbons (Fsp3) is 0.636. The van der Waals surface area contributed by atoms with E-state index in [1.165, 1.54) is 0 Å². The van der Waals surface area contributed by atoms with Crippen molar-refractivity contribution in [2.24, 2.45) is 0 Å². The van der Waals surface area contributed by atoms with Crippen LogP contribution in [0.4, 0.5) is 5.95 Å². The van der Waals surface area contributed by atoms with Gasteiger partial charge < -0.3 is 10.1 Å². The number of ether oxygens (including phenoxy) is 1. The Morgan fingerprint density at radius 2 is 2.13 bits per heavy atom. The number of nitrogens with one attached hydrogen (secondary N) is 1. The van der Waals surface area contributed by atoms with Gasteiger partial charge in [-0.1, -0.05) is 13.8 Å². The summed E-state index contributed by atoms with van der Waals surface area (Å²) in [7, 11) is 0. The maximum atomic E-state index is 5.52.